The number of rotatable bonds is 4. The summed E-state index contributed by atoms with van der Waals surface area (Å²) in [6.07, 6.45) is 0. The van der Waals surface area contributed by atoms with Crippen LogP contribution in [0, 0.1) is 19.3 Å². The van der Waals surface area contributed by atoms with Gasteiger partial charge in [0.25, 0.3) is 5.91 Å². The SMILES string of the molecule is Cc1cccc(-c2ccc(C(=O)NC(=N)NNC(N)=NC(=O)c3ccc(-c4ccccc4C)o3)o2)c1. The number of nitrogens with zero attached hydrogens (tertiary/aromatic N) is 1. The van der Waals surface area contributed by atoms with Crippen molar-refractivity contribution in [2.45, 2.75) is 13.8 Å². The molecule has 0 aliphatic carbocycles. The number of benzene rings is 2. The van der Waals surface area contributed by atoms with Gasteiger partial charge >= 0.3 is 5.91 Å². The molecule has 0 bridgehead atoms. The fraction of sp³-hybridized carbons (Fsp3) is 0.0769. The van der Waals surface area contributed by atoms with Crippen LogP contribution in [-0.4, -0.2) is 23.7 Å². The quantitative estimate of drug-likeness (QED) is 0.168. The van der Waals surface area contributed by atoms with E-state index in [1.54, 1.807) is 12.1 Å². The van der Waals surface area contributed by atoms with Crippen LogP contribution >= 0.6 is 0 Å². The summed E-state index contributed by atoms with van der Waals surface area (Å²) in [7, 11) is 0. The first-order chi connectivity index (χ1) is 17.3. The number of nitrogens with one attached hydrogen (secondary N) is 4. The zero-order chi connectivity index (χ0) is 25.7. The van der Waals surface area contributed by atoms with Crippen molar-refractivity contribution in [3.05, 3.63) is 95.4 Å². The zero-order valence-corrected chi connectivity index (χ0v) is 19.6. The number of carbonyl (C=O) groups excluding carboxylic acids is 2. The fourth-order valence-electron chi connectivity index (χ4n) is 3.39. The summed E-state index contributed by atoms with van der Waals surface area (Å²) in [5.74, 6) is -1.02. The Labute approximate surface area is 206 Å². The predicted octanol–water partition coefficient (Wildman–Crippen LogP) is 3.74. The Kier molecular flexibility index (Phi) is 6.96. The van der Waals surface area contributed by atoms with Crippen LogP contribution < -0.4 is 21.9 Å². The standard InChI is InChI=1S/C26H24N6O4/c1-15-6-5-8-17(14-15)19-10-12-21(35-19)23(33)29-25(27)31-32-26(28)30-24(34)22-13-11-20(36-22)18-9-4-3-7-16(18)2/h3-14H,1-2H3,(H3,27,29,31,33)(H3,28,30,32,34). The molecule has 0 fully saturated rings. The van der Waals surface area contributed by atoms with Gasteiger partial charge in [0.2, 0.25) is 11.9 Å². The number of guanidine groups is 2. The number of furan rings is 2. The van der Waals surface area contributed by atoms with Gasteiger partial charge in [-0.05, 0) is 49.7 Å². The zero-order valence-electron chi connectivity index (χ0n) is 19.6. The average molecular weight is 485 g/mol. The van der Waals surface area contributed by atoms with E-state index in [1.165, 1.54) is 12.1 Å². The molecule has 10 nitrogen and oxygen atoms in total. The van der Waals surface area contributed by atoms with Crippen molar-refractivity contribution in [1.82, 2.24) is 16.2 Å². The number of carbonyl (C=O) groups is 2. The van der Waals surface area contributed by atoms with Gasteiger partial charge in [-0.1, -0.05) is 48.0 Å². The summed E-state index contributed by atoms with van der Waals surface area (Å²) in [6.45, 7) is 3.90. The third-order valence-electron chi connectivity index (χ3n) is 5.14. The molecule has 36 heavy (non-hydrogen) atoms. The maximum absolute atomic E-state index is 12.4. The van der Waals surface area contributed by atoms with Gasteiger partial charge in [0.05, 0.1) is 0 Å². The van der Waals surface area contributed by atoms with Crippen molar-refractivity contribution in [3.63, 3.8) is 0 Å². The molecule has 4 aromatic rings. The lowest BCUT2D eigenvalue weighted by atomic mass is 10.1. The maximum Gasteiger partial charge on any atom is 0.315 e. The Hall–Kier alpha value is -5.12. The van der Waals surface area contributed by atoms with E-state index in [2.05, 4.69) is 21.2 Å². The van der Waals surface area contributed by atoms with Crippen LogP contribution in [0.2, 0.25) is 0 Å². The number of aryl methyl sites for hydroxylation is 2. The molecule has 182 valence electrons. The van der Waals surface area contributed by atoms with Crippen molar-refractivity contribution in [3.8, 4) is 22.6 Å². The monoisotopic (exact) mass is 484 g/mol. The Morgan fingerprint density at radius 1 is 0.861 bits per heavy atom. The number of amides is 2. The van der Waals surface area contributed by atoms with Crippen LogP contribution in [0.3, 0.4) is 0 Å². The minimum atomic E-state index is -0.712. The highest BCUT2D eigenvalue weighted by Crippen LogP contribution is 2.25. The van der Waals surface area contributed by atoms with Crippen molar-refractivity contribution >= 4 is 23.7 Å². The predicted molar refractivity (Wildman–Crippen MR) is 135 cm³/mol. The molecule has 0 spiro atoms. The third kappa shape index (κ3) is 5.68. The molecule has 0 radical (unpaired) electrons. The number of aliphatic imine (C=N–C) groups is 1. The number of hydrazine groups is 1. The van der Waals surface area contributed by atoms with Crippen LogP contribution in [0.4, 0.5) is 0 Å². The molecule has 0 aliphatic rings. The first-order valence-electron chi connectivity index (χ1n) is 10.9. The second kappa shape index (κ2) is 10.4. The van der Waals surface area contributed by atoms with Crippen molar-refractivity contribution in [2.75, 3.05) is 0 Å². The summed E-state index contributed by atoms with van der Waals surface area (Å²) in [5, 5.41) is 10.2. The molecule has 0 unspecified atom stereocenters. The van der Waals surface area contributed by atoms with Gasteiger partial charge in [-0.15, -0.1) is 0 Å². The molecule has 6 N–H and O–H groups in total. The van der Waals surface area contributed by atoms with E-state index in [1.807, 2.05) is 62.4 Å². The van der Waals surface area contributed by atoms with E-state index >= 15 is 0 Å². The molecule has 2 aromatic carbocycles. The average Bonchev–Trinajstić information content (AvgIpc) is 3.54. The Morgan fingerprint density at radius 2 is 1.58 bits per heavy atom. The Balaban J connectivity index is 1.30. The molecule has 2 aromatic heterocycles. The van der Waals surface area contributed by atoms with Crippen LogP contribution in [0.25, 0.3) is 22.6 Å². The topological polar surface area (TPSA) is 159 Å². The second-order valence-corrected chi connectivity index (χ2v) is 7.89. The number of hydrogen-bond donors (Lipinski definition) is 5. The first kappa shape index (κ1) is 24.0. The molecule has 4 rings (SSSR count). The molecule has 0 atom stereocenters. The highest BCUT2D eigenvalue weighted by Gasteiger charge is 2.15. The fourth-order valence-corrected chi connectivity index (χ4v) is 3.39. The smallest absolute Gasteiger partial charge is 0.315 e. The molecule has 0 saturated heterocycles. The van der Waals surface area contributed by atoms with E-state index in [9.17, 15) is 9.59 Å². The van der Waals surface area contributed by atoms with Crippen molar-refractivity contribution in [2.24, 2.45) is 10.7 Å². The molecular weight excluding hydrogens is 460 g/mol. The number of nitrogens with two attached hydrogens (primary N) is 1. The highest BCUT2D eigenvalue weighted by atomic mass is 16.4. The van der Waals surface area contributed by atoms with E-state index in [0.717, 1.165) is 22.3 Å². The Morgan fingerprint density at radius 3 is 2.36 bits per heavy atom. The largest absolute Gasteiger partial charge is 0.451 e. The molecule has 0 aliphatic heterocycles. The van der Waals surface area contributed by atoms with Crippen LogP contribution in [0.5, 0.6) is 0 Å². The van der Waals surface area contributed by atoms with Crippen molar-refractivity contribution < 1.29 is 18.4 Å². The lowest BCUT2D eigenvalue weighted by molar-refractivity contribution is 0.0946. The molecule has 10 heteroatoms. The molecule has 2 heterocycles. The maximum atomic E-state index is 12.4. The van der Waals surface area contributed by atoms with Gasteiger partial charge in [0, 0.05) is 11.1 Å². The van der Waals surface area contributed by atoms with Gasteiger partial charge < -0.3 is 14.6 Å². The van der Waals surface area contributed by atoms with Gasteiger partial charge in [-0.25, -0.2) is 0 Å². The van der Waals surface area contributed by atoms with Crippen molar-refractivity contribution in [1.29, 1.82) is 5.41 Å². The third-order valence-corrected chi connectivity index (χ3v) is 5.14. The van der Waals surface area contributed by atoms with Gasteiger partial charge in [-0.3, -0.25) is 31.2 Å². The number of hydrogen-bond acceptors (Lipinski definition) is 5. The Bertz CT molecular complexity index is 1470. The molecule has 2 amide bonds. The van der Waals surface area contributed by atoms with E-state index in [-0.39, 0.29) is 17.5 Å². The van der Waals surface area contributed by atoms with E-state index < -0.39 is 17.8 Å². The van der Waals surface area contributed by atoms with Crippen LogP contribution in [0.1, 0.15) is 32.2 Å². The minimum Gasteiger partial charge on any atom is -0.451 e. The van der Waals surface area contributed by atoms with Crippen LogP contribution in [-0.2, 0) is 0 Å². The highest BCUT2D eigenvalue weighted by molar-refractivity contribution is 6.04. The summed E-state index contributed by atoms with van der Waals surface area (Å²) in [4.78, 5) is 28.4. The first-order valence-corrected chi connectivity index (χ1v) is 10.9. The van der Waals surface area contributed by atoms with Gasteiger partial charge in [-0.2, -0.15) is 4.99 Å². The van der Waals surface area contributed by atoms with E-state index in [0.29, 0.717) is 11.5 Å². The summed E-state index contributed by atoms with van der Waals surface area (Å²) >= 11 is 0. The summed E-state index contributed by atoms with van der Waals surface area (Å²) in [5.41, 5.74) is 14.2. The minimum absolute atomic E-state index is 0.00335. The second-order valence-electron chi connectivity index (χ2n) is 7.89. The van der Waals surface area contributed by atoms with E-state index in [4.69, 9.17) is 20.0 Å². The lowest BCUT2D eigenvalue weighted by Crippen LogP contribution is -2.51. The van der Waals surface area contributed by atoms with Gasteiger partial charge in [0.1, 0.15) is 11.5 Å². The molecule has 0 saturated carbocycles. The normalized spacial score (nSPS) is 11.1. The lowest BCUT2D eigenvalue weighted by Gasteiger charge is -2.09. The summed E-state index contributed by atoms with van der Waals surface area (Å²) in [6, 6.07) is 21.6. The van der Waals surface area contributed by atoms with Gasteiger partial charge in [0.15, 0.2) is 11.5 Å². The van der Waals surface area contributed by atoms with Crippen LogP contribution in [0.15, 0.2) is 86.6 Å². The summed E-state index contributed by atoms with van der Waals surface area (Å²) < 4.78 is 11.2. The molecular formula is C26H24N6O4.